The fourth-order valence-corrected chi connectivity index (χ4v) is 3.80. The number of anilines is 3. The first kappa shape index (κ1) is 19.4. The van der Waals surface area contributed by atoms with Gasteiger partial charge in [-0.25, -0.2) is 4.98 Å². The van der Waals surface area contributed by atoms with Gasteiger partial charge < -0.3 is 26.7 Å². The number of nitrogens with one attached hydrogen (secondary N) is 2. The van der Waals surface area contributed by atoms with E-state index < -0.39 is 0 Å². The van der Waals surface area contributed by atoms with Gasteiger partial charge in [0, 0.05) is 30.4 Å². The van der Waals surface area contributed by atoms with E-state index in [4.69, 9.17) is 21.4 Å². The molecule has 1 saturated carbocycles. The number of para-hydroxylation sites is 1. The molecule has 0 saturated heterocycles. The zero-order chi connectivity index (χ0) is 20.4. The van der Waals surface area contributed by atoms with Gasteiger partial charge in [-0.2, -0.15) is 9.97 Å². The first-order chi connectivity index (χ1) is 14.0. The average Bonchev–Trinajstić information content (AvgIpc) is 3.13. The first-order valence-electron chi connectivity index (χ1n) is 10.3. The van der Waals surface area contributed by atoms with Gasteiger partial charge in [0.25, 0.3) is 0 Å². The molecule has 0 unspecified atom stereocenters. The van der Waals surface area contributed by atoms with E-state index in [-0.39, 0.29) is 6.04 Å². The van der Waals surface area contributed by atoms with E-state index in [1.54, 1.807) is 0 Å². The molecule has 0 aliphatic heterocycles. The van der Waals surface area contributed by atoms with Crippen LogP contribution in [0, 0.1) is 0 Å². The Hall–Kier alpha value is -2.87. The van der Waals surface area contributed by atoms with Gasteiger partial charge in [-0.15, -0.1) is 0 Å². The quantitative estimate of drug-likeness (QED) is 0.474. The van der Waals surface area contributed by atoms with Crippen molar-refractivity contribution in [3.05, 3.63) is 36.2 Å². The summed E-state index contributed by atoms with van der Waals surface area (Å²) in [7, 11) is 0. The molecule has 1 aliphatic carbocycles. The van der Waals surface area contributed by atoms with Crippen LogP contribution in [0.15, 0.2) is 30.6 Å². The fraction of sp³-hybridized carbons (Fsp3) is 0.476. The number of nitrogens with two attached hydrogens (primary N) is 2. The Kier molecular flexibility index (Phi) is 5.53. The number of aromatic nitrogens is 4. The second-order valence-electron chi connectivity index (χ2n) is 8.12. The minimum atomic E-state index is 0.257. The maximum atomic E-state index is 6.09. The van der Waals surface area contributed by atoms with E-state index in [0.717, 1.165) is 48.1 Å². The van der Waals surface area contributed by atoms with Crippen molar-refractivity contribution in [3.63, 3.8) is 0 Å². The number of fused-ring (bicyclic) bond motifs is 1. The van der Waals surface area contributed by atoms with Crippen LogP contribution >= 0.6 is 0 Å². The Morgan fingerprint density at radius 1 is 1.14 bits per heavy atom. The third-order valence-corrected chi connectivity index (χ3v) is 5.58. The Morgan fingerprint density at radius 3 is 2.62 bits per heavy atom. The second-order valence-corrected chi connectivity index (χ2v) is 8.12. The predicted octanol–water partition coefficient (Wildman–Crippen LogP) is 3.28. The standard InChI is InChI=1S/C21H30N8/c1-13(2)29-12-25-18-19(24-11-14-5-3-4-6-17(14)23)27-21(28-20(18)29)26-16-9-7-15(22)8-10-16/h3-6,12-13,15-16H,7-11,22-23H2,1-2H3,(H2,24,26,27,28). The second kappa shape index (κ2) is 8.24. The smallest absolute Gasteiger partial charge is 0.227 e. The van der Waals surface area contributed by atoms with E-state index in [1.807, 2.05) is 30.6 Å². The summed E-state index contributed by atoms with van der Waals surface area (Å²) in [5, 5.41) is 6.93. The van der Waals surface area contributed by atoms with Gasteiger partial charge in [-0.05, 0) is 51.2 Å². The van der Waals surface area contributed by atoms with E-state index in [0.29, 0.717) is 30.4 Å². The molecular formula is C21H30N8. The predicted molar refractivity (Wildman–Crippen MR) is 118 cm³/mol. The summed E-state index contributed by atoms with van der Waals surface area (Å²) in [6, 6.07) is 8.75. The van der Waals surface area contributed by atoms with Crippen molar-refractivity contribution in [2.24, 2.45) is 5.73 Å². The van der Waals surface area contributed by atoms with Crippen LogP contribution in [0.1, 0.15) is 51.1 Å². The molecule has 1 aliphatic rings. The monoisotopic (exact) mass is 394 g/mol. The van der Waals surface area contributed by atoms with Crippen LogP contribution in [0.5, 0.6) is 0 Å². The molecular weight excluding hydrogens is 364 g/mol. The third kappa shape index (κ3) is 4.27. The van der Waals surface area contributed by atoms with Crippen molar-refractivity contribution >= 4 is 28.6 Å². The summed E-state index contributed by atoms with van der Waals surface area (Å²) in [6.07, 6.45) is 5.96. The summed E-state index contributed by atoms with van der Waals surface area (Å²) in [6.45, 7) is 4.82. The molecule has 154 valence electrons. The van der Waals surface area contributed by atoms with Crippen molar-refractivity contribution in [3.8, 4) is 0 Å². The van der Waals surface area contributed by atoms with E-state index in [1.165, 1.54) is 0 Å². The molecule has 0 spiro atoms. The van der Waals surface area contributed by atoms with Gasteiger partial charge in [0.1, 0.15) is 0 Å². The Morgan fingerprint density at radius 2 is 1.90 bits per heavy atom. The molecule has 0 amide bonds. The van der Waals surface area contributed by atoms with Crippen molar-refractivity contribution < 1.29 is 0 Å². The van der Waals surface area contributed by atoms with Crippen LogP contribution in [0.2, 0.25) is 0 Å². The highest BCUT2D eigenvalue weighted by Crippen LogP contribution is 2.26. The highest BCUT2D eigenvalue weighted by Gasteiger charge is 2.21. The molecule has 8 heteroatoms. The van der Waals surface area contributed by atoms with Crippen molar-refractivity contribution in [1.82, 2.24) is 19.5 Å². The number of rotatable bonds is 6. The summed E-state index contributed by atoms with van der Waals surface area (Å²) < 4.78 is 2.07. The number of hydrogen-bond donors (Lipinski definition) is 4. The first-order valence-corrected chi connectivity index (χ1v) is 10.3. The molecule has 4 rings (SSSR count). The fourth-order valence-electron chi connectivity index (χ4n) is 3.80. The largest absolute Gasteiger partial charge is 0.398 e. The molecule has 2 heterocycles. The minimum Gasteiger partial charge on any atom is -0.398 e. The lowest BCUT2D eigenvalue weighted by molar-refractivity contribution is 0.410. The molecule has 1 fully saturated rings. The van der Waals surface area contributed by atoms with Crippen LogP contribution in [0.3, 0.4) is 0 Å². The van der Waals surface area contributed by atoms with Gasteiger partial charge >= 0.3 is 0 Å². The zero-order valence-electron chi connectivity index (χ0n) is 17.1. The minimum absolute atomic E-state index is 0.257. The van der Waals surface area contributed by atoms with Crippen molar-refractivity contribution in [1.29, 1.82) is 0 Å². The normalized spacial score (nSPS) is 19.6. The molecule has 0 radical (unpaired) electrons. The third-order valence-electron chi connectivity index (χ3n) is 5.58. The molecule has 29 heavy (non-hydrogen) atoms. The Labute approximate surface area is 171 Å². The molecule has 8 nitrogen and oxygen atoms in total. The molecule has 6 N–H and O–H groups in total. The lowest BCUT2D eigenvalue weighted by atomic mass is 9.92. The SMILES string of the molecule is CC(C)n1cnc2c(NCc3ccccc3N)nc(NC3CCC(N)CC3)nc21. The van der Waals surface area contributed by atoms with Gasteiger partial charge in [0.15, 0.2) is 17.0 Å². The highest BCUT2D eigenvalue weighted by molar-refractivity contribution is 5.84. The topological polar surface area (TPSA) is 120 Å². The van der Waals surface area contributed by atoms with Gasteiger partial charge in [0.05, 0.1) is 6.33 Å². The lowest BCUT2D eigenvalue weighted by Crippen LogP contribution is -2.33. The number of benzene rings is 1. The number of nitrogens with zero attached hydrogens (tertiary/aromatic N) is 4. The van der Waals surface area contributed by atoms with Crippen LogP contribution < -0.4 is 22.1 Å². The van der Waals surface area contributed by atoms with Crippen LogP contribution in [0.25, 0.3) is 11.2 Å². The van der Waals surface area contributed by atoms with Gasteiger partial charge in [-0.3, -0.25) is 0 Å². The maximum Gasteiger partial charge on any atom is 0.227 e. The van der Waals surface area contributed by atoms with E-state index >= 15 is 0 Å². The summed E-state index contributed by atoms with van der Waals surface area (Å²) in [4.78, 5) is 14.1. The van der Waals surface area contributed by atoms with Gasteiger partial charge in [-0.1, -0.05) is 18.2 Å². The van der Waals surface area contributed by atoms with Crippen LogP contribution in [-0.2, 0) is 6.54 Å². The van der Waals surface area contributed by atoms with Crippen LogP contribution in [0.4, 0.5) is 17.5 Å². The van der Waals surface area contributed by atoms with Crippen molar-refractivity contribution in [2.45, 2.75) is 64.2 Å². The molecule has 1 aromatic carbocycles. The number of imidazole rings is 1. The number of hydrogen-bond acceptors (Lipinski definition) is 7. The summed E-state index contributed by atoms with van der Waals surface area (Å²) >= 11 is 0. The lowest BCUT2D eigenvalue weighted by Gasteiger charge is -2.27. The Bertz CT molecular complexity index is 972. The maximum absolute atomic E-state index is 6.09. The van der Waals surface area contributed by atoms with Gasteiger partial charge in [0.2, 0.25) is 5.95 Å². The van der Waals surface area contributed by atoms with Crippen LogP contribution in [-0.4, -0.2) is 31.6 Å². The molecule has 0 bridgehead atoms. The summed E-state index contributed by atoms with van der Waals surface area (Å²) in [5.74, 6) is 1.34. The number of nitrogen functional groups attached to an aromatic ring is 1. The molecule has 2 aromatic heterocycles. The molecule has 3 aromatic rings. The zero-order valence-corrected chi connectivity index (χ0v) is 17.1. The molecule has 0 atom stereocenters. The van der Waals surface area contributed by atoms with Crippen molar-refractivity contribution in [2.75, 3.05) is 16.4 Å². The Balaban J connectivity index is 1.63. The van der Waals surface area contributed by atoms with E-state index in [2.05, 4.69) is 34.0 Å². The highest BCUT2D eigenvalue weighted by atomic mass is 15.2. The van der Waals surface area contributed by atoms with E-state index in [9.17, 15) is 0 Å². The average molecular weight is 395 g/mol. The summed E-state index contributed by atoms with van der Waals surface area (Å²) in [5.41, 5.74) is 15.5.